The molecule has 14 heteroatoms. The van der Waals surface area contributed by atoms with Crippen LogP contribution in [0.4, 0.5) is 4.79 Å². The van der Waals surface area contributed by atoms with E-state index in [1.54, 1.807) is 7.11 Å². The number of likely N-dealkylation sites (tertiary alicyclic amines) is 1. The molecule has 7 rings (SSSR count). The molecule has 3 fully saturated rings. The molecule has 0 bridgehead atoms. The Morgan fingerprint density at radius 1 is 1.02 bits per heavy atom. The lowest BCUT2D eigenvalue weighted by Crippen LogP contribution is -2.58. The van der Waals surface area contributed by atoms with E-state index < -0.39 is 60.3 Å². The molecule has 1 aliphatic heterocycles. The van der Waals surface area contributed by atoms with E-state index in [9.17, 15) is 23.8 Å². The molecule has 3 aromatic carbocycles. The highest BCUT2D eigenvalue weighted by molar-refractivity contribution is 7.55. The number of nitrogens with zero attached hydrogens (tertiary/aromatic N) is 2. The molecule has 0 spiro atoms. The normalized spacial score (nSPS) is 23.0. The minimum atomic E-state index is -4.48. The topological polar surface area (TPSA) is 166 Å². The number of hydrogen-bond acceptors (Lipinski definition) is 9. The number of carbonyl (C=O) groups is 3. The van der Waals surface area contributed by atoms with Crippen LogP contribution in [0.15, 0.2) is 97.6 Å². The molecule has 1 saturated heterocycles. The number of benzene rings is 3. The van der Waals surface area contributed by atoms with Gasteiger partial charge in [-0.3, -0.25) is 14.2 Å². The third-order valence-electron chi connectivity index (χ3n) is 11.8. The van der Waals surface area contributed by atoms with Crippen molar-refractivity contribution in [2.75, 3.05) is 20.3 Å². The fraction of sp³-hybridized carbons (Fsp3) is 0.435. The van der Waals surface area contributed by atoms with Crippen LogP contribution in [-0.4, -0.2) is 82.5 Å². The highest BCUT2D eigenvalue weighted by Crippen LogP contribution is 2.70. The fourth-order valence-electron chi connectivity index (χ4n) is 8.27. The first-order chi connectivity index (χ1) is 28.7. The van der Waals surface area contributed by atoms with E-state index in [1.165, 1.54) is 11.0 Å². The summed E-state index contributed by atoms with van der Waals surface area (Å²) in [7, 11) is -2.90. The molecule has 0 radical (unpaired) electrons. The Balaban J connectivity index is 1.19. The maximum absolute atomic E-state index is 14.8. The first-order valence-electron chi connectivity index (χ1n) is 20.7. The third kappa shape index (κ3) is 9.38. The van der Waals surface area contributed by atoms with Crippen molar-refractivity contribution in [2.45, 2.75) is 95.3 Å². The average molecular weight is 839 g/mol. The average Bonchev–Trinajstić information content (AvgIpc) is 3.49. The Hall–Kier alpha value is -5.23. The number of carbonyl (C=O) groups excluding carboxylic acids is 3. The highest BCUT2D eigenvalue weighted by atomic mass is 31.2. The van der Waals surface area contributed by atoms with Gasteiger partial charge in [-0.2, -0.15) is 0 Å². The van der Waals surface area contributed by atoms with Crippen LogP contribution >= 0.6 is 7.60 Å². The zero-order valence-electron chi connectivity index (χ0n) is 34.7. The second-order valence-corrected chi connectivity index (χ2v) is 19.1. The van der Waals surface area contributed by atoms with Gasteiger partial charge >= 0.3 is 13.7 Å². The second-order valence-electron chi connectivity index (χ2n) is 17.0. The smallest absolute Gasteiger partial charge is 0.408 e. The zero-order chi connectivity index (χ0) is 42.7. The molecule has 3 amide bonds. The number of methoxy groups -OCH3 is 1. The molecule has 1 aromatic heterocycles. The van der Waals surface area contributed by atoms with Gasteiger partial charge < -0.3 is 39.2 Å². The molecule has 3 unspecified atom stereocenters. The van der Waals surface area contributed by atoms with Crippen LogP contribution in [-0.2, 0) is 29.8 Å². The van der Waals surface area contributed by atoms with Gasteiger partial charge in [0, 0.05) is 35.4 Å². The van der Waals surface area contributed by atoms with E-state index in [1.807, 2.05) is 106 Å². The Morgan fingerprint density at radius 3 is 2.37 bits per heavy atom. The van der Waals surface area contributed by atoms with Gasteiger partial charge in [-0.05, 0) is 61.6 Å². The summed E-state index contributed by atoms with van der Waals surface area (Å²) in [6.07, 6.45) is 3.92. The van der Waals surface area contributed by atoms with Crippen LogP contribution in [0.1, 0.15) is 64.9 Å². The predicted octanol–water partition coefficient (Wildman–Crippen LogP) is 7.81. The van der Waals surface area contributed by atoms with Crippen molar-refractivity contribution < 1.29 is 42.6 Å². The molecular formula is C46H55N4O9P. The molecule has 2 aliphatic carbocycles. The summed E-state index contributed by atoms with van der Waals surface area (Å²) in [6, 6.07) is 24.2. The monoisotopic (exact) mass is 838 g/mol. The lowest BCUT2D eigenvalue weighted by molar-refractivity contribution is -0.142. The van der Waals surface area contributed by atoms with Crippen LogP contribution < -0.4 is 20.1 Å². The number of rotatable bonds is 15. The van der Waals surface area contributed by atoms with E-state index >= 15 is 0 Å². The van der Waals surface area contributed by atoms with Gasteiger partial charge in [0.15, 0.2) is 0 Å². The number of nitrogens with one attached hydrogen (secondary N) is 2. The van der Waals surface area contributed by atoms with E-state index in [0.29, 0.717) is 34.5 Å². The largest absolute Gasteiger partial charge is 0.497 e. The summed E-state index contributed by atoms with van der Waals surface area (Å²) in [5.41, 5.74) is 2.28. The Kier molecular flexibility index (Phi) is 12.7. The summed E-state index contributed by atoms with van der Waals surface area (Å²) < 4.78 is 37.7. The zero-order valence-corrected chi connectivity index (χ0v) is 35.6. The Labute approximate surface area is 351 Å². The van der Waals surface area contributed by atoms with Gasteiger partial charge in [-0.15, -0.1) is 6.58 Å². The summed E-state index contributed by atoms with van der Waals surface area (Å²) in [5.74, 6) is -0.594. The fourth-order valence-corrected chi connectivity index (χ4v) is 10.0. The number of amides is 3. The minimum Gasteiger partial charge on any atom is -0.497 e. The molecular weight excluding hydrogens is 783 g/mol. The first-order valence-corrected chi connectivity index (χ1v) is 22.2. The van der Waals surface area contributed by atoms with E-state index in [2.05, 4.69) is 17.2 Å². The van der Waals surface area contributed by atoms with E-state index in [4.69, 9.17) is 23.7 Å². The lowest BCUT2D eigenvalue weighted by Gasteiger charge is -2.35. The van der Waals surface area contributed by atoms with Crippen LogP contribution in [0, 0.1) is 11.3 Å². The molecule has 2 saturated carbocycles. The van der Waals surface area contributed by atoms with E-state index in [-0.39, 0.29) is 32.1 Å². The SMILES string of the molecule is C=CC1CC1(NC(=O)[C@@H]1C[C@@H](Oc2cc(-c3ccccc3)nc3cc(OC)ccc23)CN1C(=O)[C@@H](NC(=O)OC1CCCC1)C(C)(C)C)P(=O)(O)OCCc1ccccc1. The van der Waals surface area contributed by atoms with Gasteiger partial charge in [-0.25, -0.2) is 9.78 Å². The number of pyridine rings is 1. The number of hydrogen-bond donors (Lipinski definition) is 3. The summed E-state index contributed by atoms with van der Waals surface area (Å²) in [5, 5.41) is 4.76. The van der Waals surface area contributed by atoms with Crippen molar-refractivity contribution in [3.8, 4) is 22.8 Å². The number of aromatic nitrogens is 1. The molecule has 3 aliphatic rings. The van der Waals surface area contributed by atoms with Crippen LogP contribution in [0.3, 0.4) is 0 Å². The van der Waals surface area contributed by atoms with Gasteiger partial charge in [0.1, 0.15) is 41.1 Å². The molecule has 6 atom stereocenters. The van der Waals surface area contributed by atoms with Crippen molar-refractivity contribution >= 4 is 36.4 Å². The van der Waals surface area contributed by atoms with Crippen molar-refractivity contribution in [3.05, 3.63) is 103 Å². The molecule has 3 N–H and O–H groups in total. The van der Waals surface area contributed by atoms with Crippen LogP contribution in [0.2, 0.25) is 0 Å². The minimum absolute atomic E-state index is 0.0221. The maximum Gasteiger partial charge on any atom is 0.408 e. The number of ether oxygens (including phenoxy) is 3. The molecule has 318 valence electrons. The maximum atomic E-state index is 14.8. The van der Waals surface area contributed by atoms with E-state index in [0.717, 1.165) is 36.8 Å². The Bertz CT molecular complexity index is 2240. The van der Waals surface area contributed by atoms with Crippen molar-refractivity contribution in [2.24, 2.45) is 11.3 Å². The first kappa shape index (κ1) is 42.9. The molecule has 2 heterocycles. The van der Waals surface area contributed by atoms with Gasteiger partial charge in [0.2, 0.25) is 11.8 Å². The van der Waals surface area contributed by atoms with Gasteiger partial charge in [0.25, 0.3) is 0 Å². The molecule has 13 nitrogen and oxygen atoms in total. The second kappa shape index (κ2) is 17.8. The summed E-state index contributed by atoms with van der Waals surface area (Å²) in [4.78, 5) is 60.5. The molecule has 60 heavy (non-hydrogen) atoms. The summed E-state index contributed by atoms with van der Waals surface area (Å²) >= 11 is 0. The lowest BCUT2D eigenvalue weighted by atomic mass is 9.85. The Morgan fingerprint density at radius 2 is 1.72 bits per heavy atom. The van der Waals surface area contributed by atoms with Crippen LogP contribution in [0.25, 0.3) is 22.2 Å². The number of fused-ring (bicyclic) bond motifs is 1. The van der Waals surface area contributed by atoms with Crippen LogP contribution in [0.5, 0.6) is 11.5 Å². The standard InChI is InChI=1S/C46H55N4O9P/c1-6-32-28-46(32,60(54,55)57-24-23-30-15-9-7-10-16-30)49-42(51)39-26-35(29-50(39)43(52)41(45(2,3)4)48-44(53)59-33-19-13-14-20-33)58-40-27-37(31-17-11-8-12-18-31)47-38-25-34(56-5)21-22-36(38)40/h6-12,15-18,21-22,25,27,32-33,35,39,41H,1,13-14,19-20,23-24,26,28-29H2,2-5H3,(H,48,53)(H,49,51)(H,54,55)/t32?,35-,39+,41-,46?/m1/s1. The predicted molar refractivity (Wildman–Crippen MR) is 228 cm³/mol. The summed E-state index contributed by atoms with van der Waals surface area (Å²) in [6.45, 7) is 9.28. The van der Waals surface area contributed by atoms with Crippen molar-refractivity contribution in [1.29, 1.82) is 0 Å². The number of alkyl carbamates (subject to hydrolysis) is 1. The van der Waals surface area contributed by atoms with Gasteiger partial charge in [0.05, 0.1) is 31.5 Å². The molecule has 4 aromatic rings. The van der Waals surface area contributed by atoms with Crippen molar-refractivity contribution in [3.63, 3.8) is 0 Å². The van der Waals surface area contributed by atoms with Gasteiger partial charge in [-0.1, -0.05) is 87.5 Å². The highest BCUT2D eigenvalue weighted by Gasteiger charge is 2.67. The quantitative estimate of drug-likeness (QED) is 0.0795. The van der Waals surface area contributed by atoms with Crippen molar-refractivity contribution in [1.82, 2.24) is 20.5 Å². The third-order valence-corrected chi connectivity index (χ3v) is 13.9.